The summed E-state index contributed by atoms with van der Waals surface area (Å²) in [6, 6.07) is 3.43. The van der Waals surface area contributed by atoms with Gasteiger partial charge in [0, 0.05) is 11.4 Å². The smallest absolute Gasteiger partial charge is 0.305 e. The van der Waals surface area contributed by atoms with Crippen molar-refractivity contribution >= 4 is 29.2 Å². The SMILES string of the molecule is CCOC(=O)CCC1NC(=O)c2cc(Cl)cc(C)c2N1. The number of ether oxygens (including phenoxy) is 1. The van der Waals surface area contributed by atoms with Crippen LogP contribution < -0.4 is 10.6 Å². The molecule has 1 heterocycles. The first-order chi connectivity index (χ1) is 9.51. The highest BCUT2D eigenvalue weighted by atomic mass is 35.5. The van der Waals surface area contributed by atoms with Gasteiger partial charge in [-0.15, -0.1) is 0 Å². The van der Waals surface area contributed by atoms with Crippen molar-refractivity contribution in [1.29, 1.82) is 0 Å². The van der Waals surface area contributed by atoms with Gasteiger partial charge in [-0.05, 0) is 38.0 Å². The number of esters is 1. The summed E-state index contributed by atoms with van der Waals surface area (Å²) in [5.74, 6) is -0.444. The number of hydrogen-bond donors (Lipinski definition) is 2. The Kier molecular flexibility index (Phi) is 4.49. The maximum atomic E-state index is 12.0. The molecular formula is C14H17ClN2O3. The van der Waals surface area contributed by atoms with Crippen molar-refractivity contribution in [3.8, 4) is 0 Å². The van der Waals surface area contributed by atoms with Gasteiger partial charge in [0.05, 0.1) is 24.0 Å². The molecule has 0 radical (unpaired) electrons. The highest BCUT2D eigenvalue weighted by Gasteiger charge is 2.25. The number of halogens is 1. The summed E-state index contributed by atoms with van der Waals surface area (Å²) >= 11 is 5.95. The maximum absolute atomic E-state index is 12.0. The summed E-state index contributed by atoms with van der Waals surface area (Å²) in [5, 5.41) is 6.56. The predicted octanol–water partition coefficient (Wildman–Crippen LogP) is 2.47. The molecule has 0 bridgehead atoms. The molecule has 20 heavy (non-hydrogen) atoms. The molecule has 1 aromatic rings. The minimum atomic E-state index is -0.278. The van der Waals surface area contributed by atoms with Crippen LogP contribution in [0.1, 0.15) is 35.7 Å². The summed E-state index contributed by atoms with van der Waals surface area (Å²) in [6.45, 7) is 4.02. The first-order valence-corrected chi connectivity index (χ1v) is 6.92. The number of rotatable bonds is 4. The van der Waals surface area contributed by atoms with Crippen molar-refractivity contribution in [2.24, 2.45) is 0 Å². The van der Waals surface area contributed by atoms with Crippen LogP contribution in [0.5, 0.6) is 0 Å². The zero-order chi connectivity index (χ0) is 14.7. The lowest BCUT2D eigenvalue weighted by Gasteiger charge is -2.29. The minimum Gasteiger partial charge on any atom is -0.466 e. The number of aryl methyl sites for hydroxylation is 1. The van der Waals surface area contributed by atoms with Crippen LogP contribution in [-0.4, -0.2) is 24.6 Å². The van der Waals surface area contributed by atoms with E-state index in [0.717, 1.165) is 11.3 Å². The van der Waals surface area contributed by atoms with Crippen LogP contribution in [0.15, 0.2) is 12.1 Å². The monoisotopic (exact) mass is 296 g/mol. The molecule has 2 rings (SSSR count). The zero-order valence-corrected chi connectivity index (χ0v) is 12.2. The normalized spacial score (nSPS) is 16.9. The third kappa shape index (κ3) is 3.22. The number of carbonyl (C=O) groups is 2. The van der Waals surface area contributed by atoms with E-state index in [-0.39, 0.29) is 24.5 Å². The van der Waals surface area contributed by atoms with E-state index in [1.165, 1.54) is 0 Å². The van der Waals surface area contributed by atoms with Crippen molar-refractivity contribution in [2.75, 3.05) is 11.9 Å². The molecule has 0 aromatic heterocycles. The first kappa shape index (κ1) is 14.7. The average Bonchev–Trinajstić information content (AvgIpc) is 2.38. The van der Waals surface area contributed by atoms with Gasteiger partial charge in [0.25, 0.3) is 5.91 Å². The van der Waals surface area contributed by atoms with Gasteiger partial charge < -0.3 is 15.4 Å². The zero-order valence-electron chi connectivity index (χ0n) is 11.5. The van der Waals surface area contributed by atoms with Crippen LogP contribution in [0.4, 0.5) is 5.69 Å². The van der Waals surface area contributed by atoms with Crippen molar-refractivity contribution in [3.63, 3.8) is 0 Å². The fourth-order valence-electron chi connectivity index (χ4n) is 2.20. The van der Waals surface area contributed by atoms with Crippen LogP contribution in [0.2, 0.25) is 5.02 Å². The molecule has 1 atom stereocenters. The Morgan fingerprint density at radius 1 is 1.40 bits per heavy atom. The lowest BCUT2D eigenvalue weighted by atomic mass is 10.0. The van der Waals surface area contributed by atoms with E-state index in [1.807, 2.05) is 6.92 Å². The standard InChI is InChI=1S/C14H17ClN2O3/c1-3-20-12(18)5-4-11-16-13-8(2)6-9(15)7-10(13)14(19)17-11/h6-7,11,16H,3-5H2,1-2H3,(H,17,19). The second-order valence-corrected chi connectivity index (χ2v) is 5.10. The molecule has 1 aromatic carbocycles. The lowest BCUT2D eigenvalue weighted by Crippen LogP contribution is -2.45. The Labute approximate surface area is 122 Å². The average molecular weight is 297 g/mol. The van der Waals surface area contributed by atoms with Crippen molar-refractivity contribution in [3.05, 3.63) is 28.3 Å². The lowest BCUT2D eigenvalue weighted by molar-refractivity contribution is -0.143. The summed E-state index contributed by atoms with van der Waals surface area (Å²) in [7, 11) is 0. The number of benzene rings is 1. The second kappa shape index (κ2) is 6.13. The molecule has 1 amide bonds. The van der Waals surface area contributed by atoms with Gasteiger partial charge in [0.1, 0.15) is 0 Å². The van der Waals surface area contributed by atoms with Crippen molar-refractivity contribution in [1.82, 2.24) is 5.32 Å². The predicted molar refractivity (Wildman–Crippen MR) is 76.9 cm³/mol. The third-order valence-corrected chi connectivity index (χ3v) is 3.33. The Balaban J connectivity index is 2.08. The van der Waals surface area contributed by atoms with E-state index in [1.54, 1.807) is 19.1 Å². The number of fused-ring (bicyclic) bond motifs is 1. The van der Waals surface area contributed by atoms with Gasteiger partial charge in [0.2, 0.25) is 0 Å². The van der Waals surface area contributed by atoms with E-state index in [2.05, 4.69) is 10.6 Å². The summed E-state index contributed by atoms with van der Waals surface area (Å²) < 4.78 is 4.87. The highest BCUT2D eigenvalue weighted by Crippen LogP contribution is 2.29. The molecule has 1 aliphatic heterocycles. The van der Waals surface area contributed by atoms with Crippen LogP contribution in [-0.2, 0) is 9.53 Å². The molecule has 6 heteroatoms. The van der Waals surface area contributed by atoms with E-state index in [0.29, 0.717) is 23.6 Å². The fraction of sp³-hybridized carbons (Fsp3) is 0.429. The summed E-state index contributed by atoms with van der Waals surface area (Å²) in [6.07, 6.45) is 0.458. The molecule has 0 saturated carbocycles. The Morgan fingerprint density at radius 2 is 2.15 bits per heavy atom. The summed E-state index contributed by atoms with van der Waals surface area (Å²) in [5.41, 5.74) is 2.21. The topological polar surface area (TPSA) is 67.4 Å². The molecule has 0 spiro atoms. The van der Waals surface area contributed by atoms with Crippen molar-refractivity contribution < 1.29 is 14.3 Å². The minimum absolute atomic E-state index is 0.182. The van der Waals surface area contributed by atoms with Gasteiger partial charge in [-0.3, -0.25) is 9.59 Å². The molecule has 108 valence electrons. The van der Waals surface area contributed by atoms with Gasteiger partial charge in [-0.2, -0.15) is 0 Å². The number of carbonyl (C=O) groups excluding carboxylic acids is 2. The van der Waals surface area contributed by atoms with Gasteiger partial charge in [-0.25, -0.2) is 0 Å². The molecule has 0 aliphatic carbocycles. The number of amides is 1. The molecule has 1 aliphatic rings. The van der Waals surface area contributed by atoms with E-state index >= 15 is 0 Å². The van der Waals surface area contributed by atoms with Crippen LogP contribution in [0, 0.1) is 6.92 Å². The summed E-state index contributed by atoms with van der Waals surface area (Å²) in [4.78, 5) is 23.4. The van der Waals surface area contributed by atoms with Gasteiger partial charge in [0.15, 0.2) is 0 Å². The number of anilines is 1. The van der Waals surface area contributed by atoms with Crippen molar-refractivity contribution in [2.45, 2.75) is 32.9 Å². The second-order valence-electron chi connectivity index (χ2n) is 4.66. The highest BCUT2D eigenvalue weighted by molar-refractivity contribution is 6.31. The Hall–Kier alpha value is -1.75. The molecule has 2 N–H and O–H groups in total. The Bertz CT molecular complexity index is 545. The maximum Gasteiger partial charge on any atom is 0.305 e. The van der Waals surface area contributed by atoms with E-state index < -0.39 is 0 Å². The van der Waals surface area contributed by atoms with E-state index in [9.17, 15) is 9.59 Å². The number of hydrogen-bond acceptors (Lipinski definition) is 4. The first-order valence-electron chi connectivity index (χ1n) is 6.54. The van der Waals surface area contributed by atoms with Crippen LogP contribution in [0.25, 0.3) is 0 Å². The Morgan fingerprint density at radius 3 is 2.85 bits per heavy atom. The molecule has 5 nitrogen and oxygen atoms in total. The number of nitrogens with one attached hydrogen (secondary N) is 2. The van der Waals surface area contributed by atoms with Crippen LogP contribution in [0.3, 0.4) is 0 Å². The quantitative estimate of drug-likeness (QED) is 0.838. The van der Waals surface area contributed by atoms with E-state index in [4.69, 9.17) is 16.3 Å². The largest absolute Gasteiger partial charge is 0.466 e. The molecular weight excluding hydrogens is 280 g/mol. The van der Waals surface area contributed by atoms with Gasteiger partial charge >= 0.3 is 5.97 Å². The molecule has 0 saturated heterocycles. The van der Waals surface area contributed by atoms with Crippen LogP contribution >= 0.6 is 11.6 Å². The fourth-order valence-corrected chi connectivity index (χ4v) is 2.47. The molecule has 0 fully saturated rings. The third-order valence-electron chi connectivity index (χ3n) is 3.11. The molecule has 1 unspecified atom stereocenters. The van der Waals surface area contributed by atoms with Gasteiger partial charge in [-0.1, -0.05) is 11.6 Å².